The zero-order valence-electron chi connectivity index (χ0n) is 3.64. The van der Waals surface area contributed by atoms with Crippen LogP contribution in [0.3, 0.4) is 0 Å². The van der Waals surface area contributed by atoms with Crippen LogP contribution in [0, 0.1) is 0 Å². The first-order valence-corrected chi connectivity index (χ1v) is 0.612. The number of hydrogen-bond donors (Lipinski definition) is 0. The zero-order chi connectivity index (χ0) is 2.00. The third kappa shape index (κ3) is 26.6. The normalized spacial score (nSPS) is 0.800. The largest absolute Gasteiger partial charge is 1.00 e. The molecule has 0 atom stereocenters. The summed E-state index contributed by atoms with van der Waals surface area (Å²) in [5.74, 6) is 0. The minimum atomic E-state index is 0. The maximum Gasteiger partial charge on any atom is 1.00 e. The van der Waals surface area contributed by atoms with E-state index in [1.54, 1.807) is 9.12 Å². The average molecular weight is 167 g/mol. The summed E-state index contributed by atoms with van der Waals surface area (Å²) in [5.41, 5.74) is 0. The summed E-state index contributed by atoms with van der Waals surface area (Å²) in [6.07, 6.45) is 0. The number of rotatable bonds is 0. The Labute approximate surface area is 67.9 Å². The topological polar surface area (TPSA) is 17.1 Å². The summed E-state index contributed by atoms with van der Waals surface area (Å²) in [5, 5.41) is 0. The molecule has 0 aromatic carbocycles. The van der Waals surface area contributed by atoms with Crippen molar-refractivity contribution < 1.29 is 59.0 Å². The Morgan fingerprint density at radius 2 is 1.40 bits per heavy atom. The van der Waals surface area contributed by atoms with Crippen LogP contribution in [0.15, 0.2) is 0 Å². The molecule has 1 radical (unpaired) electrons. The molecule has 0 unspecified atom stereocenters. The third-order valence-electron chi connectivity index (χ3n) is 0. The molecule has 29 valence electrons. The Hall–Kier alpha value is 1.74. The SMILES string of the molecule is O=P.[Fe].[H-].[Li+].[Mn]. The second kappa shape index (κ2) is 42.7. The Balaban J connectivity index is -0.000000000833. The molecule has 0 aliphatic heterocycles. The van der Waals surface area contributed by atoms with E-state index >= 15 is 0 Å². The first kappa shape index (κ1) is 29.6. The molecule has 5 heavy (non-hydrogen) atoms. The third-order valence-corrected chi connectivity index (χ3v) is 0. The van der Waals surface area contributed by atoms with Gasteiger partial charge in [0, 0.05) is 34.1 Å². The second-order valence-corrected chi connectivity index (χ2v) is 0. The maximum atomic E-state index is 8.06. The molecular formula is H2FeLiMnOP. The van der Waals surface area contributed by atoms with Gasteiger partial charge in [0.1, 0.15) is 9.12 Å². The Kier molecular flexibility index (Phi) is 253. The predicted molar refractivity (Wildman–Crippen MR) is 10.1 cm³/mol. The molecule has 0 aliphatic rings. The van der Waals surface area contributed by atoms with E-state index in [9.17, 15) is 0 Å². The molecule has 0 bridgehead atoms. The minimum absolute atomic E-state index is 0. The van der Waals surface area contributed by atoms with Gasteiger partial charge in [-0.25, -0.2) is 0 Å². The molecular weight excluding hydrogens is 165 g/mol. The van der Waals surface area contributed by atoms with Crippen molar-refractivity contribution in [1.82, 2.24) is 0 Å². The van der Waals surface area contributed by atoms with Crippen molar-refractivity contribution in [2.75, 3.05) is 0 Å². The van der Waals surface area contributed by atoms with E-state index in [2.05, 4.69) is 0 Å². The first-order chi connectivity index (χ1) is 1.00. The quantitative estimate of drug-likeness (QED) is 0.290. The molecule has 0 rings (SSSR count). The predicted octanol–water partition coefficient (Wildman–Crippen LogP) is -2.41. The Morgan fingerprint density at radius 1 is 1.40 bits per heavy atom. The summed E-state index contributed by atoms with van der Waals surface area (Å²) < 4.78 is 8.06. The Morgan fingerprint density at radius 3 is 1.40 bits per heavy atom. The molecule has 0 heterocycles. The van der Waals surface area contributed by atoms with E-state index in [-0.39, 0.29) is 54.4 Å². The van der Waals surface area contributed by atoms with Gasteiger partial charge in [-0.2, -0.15) is 0 Å². The zero-order valence-corrected chi connectivity index (χ0v) is 5.92. The molecule has 1 nitrogen and oxygen atoms in total. The molecule has 0 fully saturated rings. The van der Waals surface area contributed by atoms with Crippen molar-refractivity contribution >= 4 is 9.12 Å². The fraction of sp³-hybridized carbons (Fsp3) is 0. The summed E-state index contributed by atoms with van der Waals surface area (Å²) in [7, 11) is 1.72. The van der Waals surface area contributed by atoms with Crippen LogP contribution in [0.4, 0.5) is 0 Å². The molecule has 0 N–H and O–H groups in total. The monoisotopic (exact) mass is 167 g/mol. The second-order valence-electron chi connectivity index (χ2n) is 0. The first-order valence-electron chi connectivity index (χ1n) is 0.204. The van der Waals surface area contributed by atoms with Gasteiger partial charge in [0.05, 0.1) is 0 Å². The van der Waals surface area contributed by atoms with Crippen LogP contribution in [-0.4, -0.2) is 0 Å². The van der Waals surface area contributed by atoms with E-state index in [0.29, 0.717) is 0 Å². The Bertz CT molecular complexity index is 15.5. The van der Waals surface area contributed by atoms with Gasteiger partial charge in [-0.15, -0.1) is 0 Å². The molecule has 5 heteroatoms. The van der Waals surface area contributed by atoms with E-state index in [4.69, 9.17) is 4.57 Å². The summed E-state index contributed by atoms with van der Waals surface area (Å²) in [4.78, 5) is 0. The molecule has 0 saturated heterocycles. The van der Waals surface area contributed by atoms with Gasteiger partial charge in [-0.1, -0.05) is 0 Å². The van der Waals surface area contributed by atoms with Crippen LogP contribution in [0.5, 0.6) is 0 Å². The standard InChI is InChI=1S/Fe.Li.Mn.HOP.H/c;;;1-2;/h;;;2H;/q;+1;;;-1. The molecule has 0 saturated carbocycles. The van der Waals surface area contributed by atoms with Crippen LogP contribution in [-0.2, 0) is 38.7 Å². The van der Waals surface area contributed by atoms with Gasteiger partial charge in [0.25, 0.3) is 0 Å². The van der Waals surface area contributed by atoms with Crippen LogP contribution in [0.2, 0.25) is 0 Å². The van der Waals surface area contributed by atoms with E-state index < -0.39 is 0 Å². The van der Waals surface area contributed by atoms with E-state index in [1.165, 1.54) is 0 Å². The minimum Gasteiger partial charge on any atom is -1.00 e. The summed E-state index contributed by atoms with van der Waals surface area (Å²) >= 11 is 0. The fourth-order valence-corrected chi connectivity index (χ4v) is 0. The van der Waals surface area contributed by atoms with E-state index in [0.717, 1.165) is 0 Å². The van der Waals surface area contributed by atoms with Crippen molar-refractivity contribution in [2.24, 2.45) is 0 Å². The molecule has 0 amide bonds. The molecule has 0 aromatic heterocycles. The van der Waals surface area contributed by atoms with Gasteiger partial charge in [-0.05, 0) is 0 Å². The van der Waals surface area contributed by atoms with Crippen molar-refractivity contribution in [3.63, 3.8) is 0 Å². The maximum absolute atomic E-state index is 8.06. The van der Waals surface area contributed by atoms with Gasteiger partial charge in [0.15, 0.2) is 0 Å². The van der Waals surface area contributed by atoms with Gasteiger partial charge < -0.3 is 1.43 Å². The summed E-state index contributed by atoms with van der Waals surface area (Å²) in [6.45, 7) is 0. The van der Waals surface area contributed by atoms with Gasteiger partial charge in [-0.3, -0.25) is 4.57 Å². The average Bonchev–Trinajstić information content (AvgIpc) is 1.00. The van der Waals surface area contributed by atoms with Crippen molar-refractivity contribution in [3.8, 4) is 0 Å². The fourth-order valence-electron chi connectivity index (χ4n) is 0. The smallest absolute Gasteiger partial charge is 1.00 e. The van der Waals surface area contributed by atoms with Crippen LogP contribution < -0.4 is 18.9 Å². The van der Waals surface area contributed by atoms with Gasteiger partial charge >= 0.3 is 18.9 Å². The van der Waals surface area contributed by atoms with E-state index in [1.807, 2.05) is 0 Å². The summed E-state index contributed by atoms with van der Waals surface area (Å²) in [6, 6.07) is 0. The van der Waals surface area contributed by atoms with Crippen molar-refractivity contribution in [1.29, 1.82) is 0 Å². The molecule has 0 spiro atoms. The molecule has 0 aliphatic carbocycles. The number of hydrogen-bond acceptors (Lipinski definition) is 1. The van der Waals surface area contributed by atoms with Crippen LogP contribution in [0.1, 0.15) is 1.43 Å². The van der Waals surface area contributed by atoms with Crippen LogP contribution >= 0.6 is 9.12 Å². The van der Waals surface area contributed by atoms with Gasteiger partial charge in [0.2, 0.25) is 0 Å². The van der Waals surface area contributed by atoms with Crippen molar-refractivity contribution in [2.45, 2.75) is 0 Å². The van der Waals surface area contributed by atoms with Crippen LogP contribution in [0.25, 0.3) is 0 Å². The van der Waals surface area contributed by atoms with Crippen molar-refractivity contribution in [3.05, 3.63) is 0 Å². The molecule has 0 aromatic rings.